The highest BCUT2D eigenvalue weighted by Crippen LogP contribution is 2.35. The lowest BCUT2D eigenvalue weighted by molar-refractivity contribution is 0.0612. The van der Waals surface area contributed by atoms with Crippen molar-refractivity contribution in [3.05, 3.63) is 64.4 Å². The summed E-state index contributed by atoms with van der Waals surface area (Å²) in [6, 6.07) is 12.5. The van der Waals surface area contributed by atoms with E-state index in [0.29, 0.717) is 0 Å². The lowest BCUT2D eigenvalue weighted by atomic mass is 9.94. The molecule has 1 amide bonds. The van der Waals surface area contributed by atoms with Gasteiger partial charge in [-0.05, 0) is 44.7 Å². The van der Waals surface area contributed by atoms with Crippen LogP contribution in [-0.4, -0.2) is 22.5 Å². The predicted octanol–water partition coefficient (Wildman–Crippen LogP) is 5.39. The summed E-state index contributed by atoms with van der Waals surface area (Å²) in [5.41, 5.74) is 3.85. The van der Waals surface area contributed by atoms with Crippen LogP contribution in [0.4, 0.5) is 0 Å². The first-order valence-corrected chi connectivity index (χ1v) is 9.91. The number of nitrogens with zero attached hydrogens (tertiary/aromatic N) is 2. The highest BCUT2D eigenvalue weighted by Gasteiger charge is 2.29. The Balaban J connectivity index is 1.62. The second-order valence-corrected chi connectivity index (χ2v) is 7.73. The Labute approximate surface area is 157 Å². The molecule has 1 aliphatic rings. The van der Waals surface area contributed by atoms with Gasteiger partial charge in [0, 0.05) is 16.8 Å². The van der Waals surface area contributed by atoms with Gasteiger partial charge in [-0.3, -0.25) is 4.79 Å². The number of amides is 1. The van der Waals surface area contributed by atoms with Crippen molar-refractivity contribution in [2.75, 3.05) is 6.54 Å². The molecule has 5 heteroatoms. The van der Waals surface area contributed by atoms with Crippen molar-refractivity contribution in [3.63, 3.8) is 0 Å². The zero-order valence-corrected chi connectivity index (χ0v) is 15.9. The van der Waals surface area contributed by atoms with Crippen LogP contribution in [0.25, 0.3) is 10.4 Å². The van der Waals surface area contributed by atoms with Crippen LogP contribution in [0.15, 0.2) is 46.3 Å². The lowest BCUT2D eigenvalue weighted by Crippen LogP contribution is -2.38. The molecule has 2 aromatic heterocycles. The van der Waals surface area contributed by atoms with Gasteiger partial charge in [-0.1, -0.05) is 35.5 Å². The normalized spacial score (nSPS) is 17.5. The predicted molar refractivity (Wildman–Crippen MR) is 103 cm³/mol. The third kappa shape index (κ3) is 3.07. The molecule has 0 saturated carbocycles. The molecule has 4 nitrogen and oxygen atoms in total. The Morgan fingerprint density at radius 2 is 2.04 bits per heavy atom. The van der Waals surface area contributed by atoms with Gasteiger partial charge in [0.15, 0.2) is 0 Å². The molecular formula is C21H22N2O2S. The molecule has 4 rings (SSSR count). The Kier molecular flexibility index (Phi) is 4.64. The highest BCUT2D eigenvalue weighted by molar-refractivity contribution is 7.13. The Hall–Kier alpha value is -2.40. The van der Waals surface area contributed by atoms with E-state index in [9.17, 15) is 4.79 Å². The minimum atomic E-state index is 0.118. The van der Waals surface area contributed by atoms with Crippen molar-refractivity contribution >= 4 is 17.2 Å². The molecule has 1 aromatic carbocycles. The van der Waals surface area contributed by atoms with E-state index < -0.39 is 0 Å². The van der Waals surface area contributed by atoms with Crippen LogP contribution in [0.5, 0.6) is 0 Å². The fourth-order valence-electron chi connectivity index (χ4n) is 3.78. The number of carbonyl (C=O) groups excluding carboxylic acids is 1. The standard InChI is InChI=1S/C21H22N2O2S/c1-14-20(15(2)25-22-14)19-12-17(13-26-19)21(24)23-11-7-6-10-18(23)16-8-4-3-5-9-16/h3-5,8-9,12-13,18H,6-7,10-11H2,1-2H3. The van der Waals surface area contributed by atoms with Crippen molar-refractivity contribution in [2.24, 2.45) is 0 Å². The summed E-state index contributed by atoms with van der Waals surface area (Å²) in [6.45, 7) is 4.66. The van der Waals surface area contributed by atoms with E-state index >= 15 is 0 Å². The first kappa shape index (κ1) is 17.0. The molecule has 1 fully saturated rings. The Bertz CT molecular complexity index is 894. The number of hydrogen-bond acceptors (Lipinski definition) is 4. The third-order valence-electron chi connectivity index (χ3n) is 5.07. The van der Waals surface area contributed by atoms with E-state index in [1.165, 1.54) is 5.56 Å². The quantitative estimate of drug-likeness (QED) is 0.624. The number of likely N-dealkylation sites (tertiary alicyclic amines) is 1. The number of hydrogen-bond donors (Lipinski definition) is 0. The summed E-state index contributed by atoms with van der Waals surface area (Å²) in [5.74, 6) is 0.913. The van der Waals surface area contributed by atoms with E-state index in [4.69, 9.17) is 4.52 Å². The molecule has 1 atom stereocenters. The minimum absolute atomic E-state index is 0.118. The number of thiophene rings is 1. The molecule has 1 saturated heterocycles. The van der Waals surface area contributed by atoms with E-state index in [1.54, 1.807) is 11.3 Å². The number of aryl methyl sites for hydroxylation is 2. The van der Waals surface area contributed by atoms with Crippen molar-refractivity contribution < 1.29 is 9.32 Å². The summed E-state index contributed by atoms with van der Waals surface area (Å²) in [5, 5.41) is 5.98. The topological polar surface area (TPSA) is 46.3 Å². The first-order chi connectivity index (χ1) is 12.6. The van der Waals surface area contributed by atoms with Gasteiger partial charge in [-0.15, -0.1) is 11.3 Å². The fourth-order valence-corrected chi connectivity index (χ4v) is 4.80. The van der Waals surface area contributed by atoms with Gasteiger partial charge >= 0.3 is 0 Å². The largest absolute Gasteiger partial charge is 0.361 e. The van der Waals surface area contributed by atoms with Crippen LogP contribution in [0.2, 0.25) is 0 Å². The minimum Gasteiger partial charge on any atom is -0.361 e. The smallest absolute Gasteiger partial charge is 0.255 e. The Morgan fingerprint density at radius 3 is 2.77 bits per heavy atom. The van der Waals surface area contributed by atoms with Crippen LogP contribution in [0.3, 0.4) is 0 Å². The van der Waals surface area contributed by atoms with Crippen LogP contribution >= 0.6 is 11.3 Å². The zero-order chi connectivity index (χ0) is 18.1. The molecule has 0 N–H and O–H groups in total. The number of carbonyl (C=O) groups is 1. The number of aromatic nitrogens is 1. The maximum atomic E-state index is 13.2. The number of piperidine rings is 1. The SMILES string of the molecule is Cc1noc(C)c1-c1cc(C(=O)N2CCCCC2c2ccccc2)cs1. The summed E-state index contributed by atoms with van der Waals surface area (Å²) in [6.07, 6.45) is 3.25. The molecule has 1 aliphatic heterocycles. The van der Waals surface area contributed by atoms with Gasteiger partial charge in [0.2, 0.25) is 0 Å². The van der Waals surface area contributed by atoms with Gasteiger partial charge in [-0.25, -0.2) is 0 Å². The molecule has 3 heterocycles. The van der Waals surface area contributed by atoms with Crippen LogP contribution in [-0.2, 0) is 0 Å². The van der Waals surface area contributed by atoms with Crippen LogP contribution in [0.1, 0.15) is 52.7 Å². The number of benzene rings is 1. The Morgan fingerprint density at radius 1 is 1.23 bits per heavy atom. The van der Waals surface area contributed by atoms with Crippen LogP contribution in [0, 0.1) is 13.8 Å². The molecule has 0 radical (unpaired) electrons. The van der Waals surface area contributed by atoms with Crippen molar-refractivity contribution in [2.45, 2.75) is 39.2 Å². The molecular weight excluding hydrogens is 344 g/mol. The summed E-state index contributed by atoms with van der Waals surface area (Å²) >= 11 is 1.58. The van der Waals surface area contributed by atoms with Gasteiger partial charge in [-0.2, -0.15) is 0 Å². The molecule has 1 unspecified atom stereocenters. The lowest BCUT2D eigenvalue weighted by Gasteiger charge is -2.36. The molecule has 3 aromatic rings. The summed E-state index contributed by atoms with van der Waals surface area (Å²) < 4.78 is 5.27. The van der Waals surface area contributed by atoms with E-state index in [2.05, 4.69) is 17.3 Å². The number of rotatable bonds is 3. The van der Waals surface area contributed by atoms with Crippen molar-refractivity contribution in [1.29, 1.82) is 0 Å². The van der Waals surface area contributed by atoms with Gasteiger partial charge in [0.25, 0.3) is 5.91 Å². The van der Waals surface area contributed by atoms with Crippen molar-refractivity contribution in [3.8, 4) is 10.4 Å². The van der Waals surface area contributed by atoms with Gasteiger partial charge < -0.3 is 9.42 Å². The highest BCUT2D eigenvalue weighted by atomic mass is 32.1. The molecule has 0 bridgehead atoms. The maximum absolute atomic E-state index is 13.2. The molecule has 0 aliphatic carbocycles. The van der Waals surface area contributed by atoms with Gasteiger partial charge in [0.1, 0.15) is 5.76 Å². The van der Waals surface area contributed by atoms with Gasteiger partial charge in [0.05, 0.1) is 22.9 Å². The molecule has 134 valence electrons. The van der Waals surface area contributed by atoms with E-state index in [-0.39, 0.29) is 11.9 Å². The monoisotopic (exact) mass is 366 g/mol. The summed E-state index contributed by atoms with van der Waals surface area (Å²) in [7, 11) is 0. The average Bonchev–Trinajstić information content (AvgIpc) is 3.28. The van der Waals surface area contributed by atoms with E-state index in [1.807, 2.05) is 48.4 Å². The molecule has 0 spiro atoms. The first-order valence-electron chi connectivity index (χ1n) is 9.03. The summed E-state index contributed by atoms with van der Waals surface area (Å²) in [4.78, 5) is 16.3. The fraction of sp³-hybridized carbons (Fsp3) is 0.333. The average molecular weight is 366 g/mol. The third-order valence-corrected chi connectivity index (χ3v) is 6.02. The van der Waals surface area contributed by atoms with E-state index in [0.717, 1.165) is 53.3 Å². The van der Waals surface area contributed by atoms with Crippen LogP contribution < -0.4 is 0 Å². The second-order valence-electron chi connectivity index (χ2n) is 6.82. The molecule has 26 heavy (non-hydrogen) atoms. The second kappa shape index (κ2) is 7.08. The maximum Gasteiger partial charge on any atom is 0.255 e. The van der Waals surface area contributed by atoms with Crippen molar-refractivity contribution in [1.82, 2.24) is 10.1 Å². The zero-order valence-electron chi connectivity index (χ0n) is 15.1.